The Hall–Kier alpha value is -0.380. The molecule has 0 saturated heterocycles. The van der Waals surface area contributed by atoms with Crippen molar-refractivity contribution in [2.75, 3.05) is 13.2 Å². The van der Waals surface area contributed by atoms with E-state index in [1.807, 2.05) is 13.8 Å². The molecule has 90 valence electrons. The fourth-order valence-electron chi connectivity index (χ4n) is 1.42. The highest BCUT2D eigenvalue weighted by Gasteiger charge is 2.15. The van der Waals surface area contributed by atoms with Crippen molar-refractivity contribution in [3.8, 4) is 0 Å². The van der Waals surface area contributed by atoms with Gasteiger partial charge in [0.05, 0.1) is 0 Å². The molecule has 0 saturated carbocycles. The Bertz CT molecular complexity index is 350. The molecule has 0 aliphatic carbocycles. The van der Waals surface area contributed by atoms with E-state index >= 15 is 0 Å². The molecule has 0 aliphatic rings. The number of hydrogen-bond donors (Lipinski definition) is 2. The van der Waals surface area contributed by atoms with E-state index in [4.69, 9.17) is 5.11 Å². The average molecular weight is 286 g/mol. The highest BCUT2D eigenvalue weighted by Crippen LogP contribution is 2.17. The minimum Gasteiger partial charge on any atom is -0.396 e. The number of rotatable bonds is 5. The van der Waals surface area contributed by atoms with Crippen LogP contribution in [-0.4, -0.2) is 18.3 Å². The van der Waals surface area contributed by atoms with Crippen molar-refractivity contribution in [2.45, 2.75) is 27.3 Å². The first-order valence-electron chi connectivity index (χ1n) is 5.51. The number of aliphatic hydroxyl groups is 1. The van der Waals surface area contributed by atoms with Crippen LogP contribution in [0.25, 0.3) is 0 Å². The van der Waals surface area contributed by atoms with Crippen LogP contribution in [0.5, 0.6) is 0 Å². The van der Waals surface area contributed by atoms with Crippen LogP contribution in [0.2, 0.25) is 0 Å². The molecule has 16 heavy (non-hydrogen) atoms. The van der Waals surface area contributed by atoms with Crippen LogP contribution in [0, 0.1) is 12.3 Å². The highest BCUT2D eigenvalue weighted by atomic mass is 79.9. The van der Waals surface area contributed by atoms with Crippen molar-refractivity contribution in [3.05, 3.63) is 33.8 Å². The van der Waals surface area contributed by atoms with E-state index < -0.39 is 0 Å². The summed E-state index contributed by atoms with van der Waals surface area (Å²) in [5, 5.41) is 12.5. The first kappa shape index (κ1) is 13.7. The molecule has 0 bridgehead atoms. The van der Waals surface area contributed by atoms with Crippen LogP contribution in [0.1, 0.15) is 25.0 Å². The van der Waals surface area contributed by atoms with Gasteiger partial charge in [-0.05, 0) is 30.2 Å². The quantitative estimate of drug-likeness (QED) is 0.872. The number of benzene rings is 1. The topological polar surface area (TPSA) is 32.3 Å². The molecule has 0 aromatic heterocycles. The summed E-state index contributed by atoms with van der Waals surface area (Å²) >= 11 is 3.47. The van der Waals surface area contributed by atoms with Crippen LogP contribution >= 0.6 is 15.9 Å². The Kier molecular flexibility index (Phi) is 4.96. The van der Waals surface area contributed by atoms with E-state index in [9.17, 15) is 0 Å². The zero-order valence-electron chi connectivity index (χ0n) is 10.2. The zero-order chi connectivity index (χ0) is 12.2. The zero-order valence-corrected chi connectivity index (χ0v) is 11.8. The van der Waals surface area contributed by atoms with Gasteiger partial charge in [0.2, 0.25) is 0 Å². The molecule has 2 nitrogen and oxygen atoms in total. The average Bonchev–Trinajstić information content (AvgIpc) is 2.23. The highest BCUT2D eigenvalue weighted by molar-refractivity contribution is 9.10. The van der Waals surface area contributed by atoms with Gasteiger partial charge in [0.25, 0.3) is 0 Å². The van der Waals surface area contributed by atoms with Gasteiger partial charge in [-0.3, -0.25) is 0 Å². The Morgan fingerprint density at radius 1 is 1.38 bits per heavy atom. The molecule has 2 N–H and O–H groups in total. The maximum absolute atomic E-state index is 9.14. The number of halogens is 1. The molecule has 0 unspecified atom stereocenters. The fourth-order valence-corrected chi connectivity index (χ4v) is 1.83. The van der Waals surface area contributed by atoms with E-state index in [2.05, 4.69) is 46.4 Å². The molecule has 0 atom stereocenters. The van der Waals surface area contributed by atoms with E-state index in [0.717, 1.165) is 17.6 Å². The van der Waals surface area contributed by atoms with Crippen LogP contribution in [0.4, 0.5) is 0 Å². The van der Waals surface area contributed by atoms with Crippen molar-refractivity contribution in [1.29, 1.82) is 0 Å². The number of hydrogen-bond acceptors (Lipinski definition) is 2. The smallest absolute Gasteiger partial charge is 0.0494 e. The Balaban J connectivity index is 2.52. The standard InChI is InChI=1S/C13H20BrNO/c1-10-4-5-12(14)6-11(10)7-15-8-13(2,3)9-16/h4-6,15-16H,7-9H2,1-3H3. The Morgan fingerprint density at radius 3 is 2.69 bits per heavy atom. The first-order valence-corrected chi connectivity index (χ1v) is 6.30. The third-order valence-electron chi connectivity index (χ3n) is 2.66. The molecule has 0 aliphatic heterocycles. The van der Waals surface area contributed by atoms with Gasteiger partial charge >= 0.3 is 0 Å². The summed E-state index contributed by atoms with van der Waals surface area (Å²) < 4.78 is 1.11. The van der Waals surface area contributed by atoms with Gasteiger partial charge in [-0.1, -0.05) is 35.8 Å². The van der Waals surface area contributed by atoms with Gasteiger partial charge < -0.3 is 10.4 Å². The molecule has 1 aromatic rings. The first-order chi connectivity index (χ1) is 7.44. The second-order valence-corrected chi connectivity index (χ2v) is 5.91. The van der Waals surface area contributed by atoms with Crippen LogP contribution < -0.4 is 5.32 Å². The van der Waals surface area contributed by atoms with E-state index in [0.29, 0.717) is 0 Å². The lowest BCUT2D eigenvalue weighted by Crippen LogP contribution is -2.32. The summed E-state index contributed by atoms with van der Waals surface area (Å²) in [6.07, 6.45) is 0. The number of nitrogens with one attached hydrogen (secondary N) is 1. The molecule has 0 fully saturated rings. The Morgan fingerprint density at radius 2 is 2.06 bits per heavy atom. The molecule has 0 amide bonds. The van der Waals surface area contributed by atoms with Gasteiger partial charge in [-0.15, -0.1) is 0 Å². The van der Waals surface area contributed by atoms with Crippen molar-refractivity contribution in [2.24, 2.45) is 5.41 Å². The number of aryl methyl sites for hydroxylation is 1. The molecular formula is C13H20BrNO. The lowest BCUT2D eigenvalue weighted by atomic mass is 9.95. The predicted octanol–water partition coefficient (Wildman–Crippen LogP) is 2.87. The maximum Gasteiger partial charge on any atom is 0.0494 e. The SMILES string of the molecule is Cc1ccc(Br)cc1CNCC(C)(C)CO. The van der Waals surface area contributed by atoms with Gasteiger partial charge in [-0.25, -0.2) is 0 Å². The van der Waals surface area contributed by atoms with Crippen LogP contribution in [0.3, 0.4) is 0 Å². The maximum atomic E-state index is 9.14. The van der Waals surface area contributed by atoms with Gasteiger partial charge in [-0.2, -0.15) is 0 Å². The van der Waals surface area contributed by atoms with Crippen molar-refractivity contribution in [1.82, 2.24) is 5.32 Å². The molecule has 1 aromatic carbocycles. The van der Waals surface area contributed by atoms with Crippen LogP contribution in [0.15, 0.2) is 22.7 Å². The molecule has 0 radical (unpaired) electrons. The molecule has 0 spiro atoms. The lowest BCUT2D eigenvalue weighted by Gasteiger charge is -2.22. The van der Waals surface area contributed by atoms with Crippen molar-refractivity contribution >= 4 is 15.9 Å². The summed E-state index contributed by atoms with van der Waals surface area (Å²) in [7, 11) is 0. The normalized spacial score (nSPS) is 11.8. The van der Waals surface area contributed by atoms with Gasteiger partial charge in [0.1, 0.15) is 0 Å². The second kappa shape index (κ2) is 5.80. The van der Waals surface area contributed by atoms with Gasteiger partial charge in [0, 0.05) is 29.6 Å². The third-order valence-corrected chi connectivity index (χ3v) is 3.15. The van der Waals surface area contributed by atoms with Crippen molar-refractivity contribution < 1.29 is 5.11 Å². The van der Waals surface area contributed by atoms with Crippen molar-refractivity contribution in [3.63, 3.8) is 0 Å². The largest absolute Gasteiger partial charge is 0.396 e. The summed E-state index contributed by atoms with van der Waals surface area (Å²) in [5.41, 5.74) is 2.53. The van der Waals surface area contributed by atoms with E-state index in [-0.39, 0.29) is 12.0 Å². The molecule has 0 heterocycles. The second-order valence-electron chi connectivity index (χ2n) is 5.00. The summed E-state index contributed by atoms with van der Waals surface area (Å²) in [6.45, 7) is 8.07. The summed E-state index contributed by atoms with van der Waals surface area (Å²) in [5.74, 6) is 0. The predicted molar refractivity (Wildman–Crippen MR) is 71.5 cm³/mol. The van der Waals surface area contributed by atoms with Gasteiger partial charge in [0.15, 0.2) is 0 Å². The minimum absolute atomic E-state index is 0.0556. The summed E-state index contributed by atoms with van der Waals surface area (Å²) in [4.78, 5) is 0. The minimum atomic E-state index is -0.0556. The number of aliphatic hydroxyl groups excluding tert-OH is 1. The van der Waals surface area contributed by atoms with Crippen LogP contribution in [-0.2, 0) is 6.54 Å². The molecular weight excluding hydrogens is 266 g/mol. The van der Waals surface area contributed by atoms with E-state index in [1.165, 1.54) is 11.1 Å². The Labute approximate surface area is 106 Å². The molecule has 1 rings (SSSR count). The lowest BCUT2D eigenvalue weighted by molar-refractivity contribution is 0.156. The molecule has 3 heteroatoms. The monoisotopic (exact) mass is 285 g/mol. The fraction of sp³-hybridized carbons (Fsp3) is 0.538. The third kappa shape index (κ3) is 4.24. The summed E-state index contributed by atoms with van der Waals surface area (Å²) in [6, 6.07) is 6.29. The van der Waals surface area contributed by atoms with E-state index in [1.54, 1.807) is 0 Å².